The first-order valence-corrected chi connectivity index (χ1v) is 3.84. The van der Waals surface area contributed by atoms with Crippen LogP contribution >= 0.6 is 0 Å². The number of rotatable bonds is 3. The molecule has 0 aliphatic carbocycles. The second kappa shape index (κ2) is 3.80. The zero-order valence-corrected chi connectivity index (χ0v) is 7.52. The summed E-state index contributed by atoms with van der Waals surface area (Å²) < 4.78 is 0. The third kappa shape index (κ3) is 1.72. The summed E-state index contributed by atoms with van der Waals surface area (Å²) in [6.45, 7) is 3.65. The number of hydrogen-bond acceptors (Lipinski definition) is 3. The molecule has 4 nitrogen and oxygen atoms in total. The van der Waals surface area contributed by atoms with E-state index in [0.717, 1.165) is 16.1 Å². The van der Waals surface area contributed by atoms with Crippen molar-refractivity contribution in [3.8, 4) is 0 Å². The van der Waals surface area contributed by atoms with Crippen LogP contribution in [0.4, 0.5) is 5.69 Å². The van der Waals surface area contributed by atoms with Crippen molar-refractivity contribution in [2.75, 3.05) is 5.01 Å². The predicted octanol–water partition coefficient (Wildman–Crippen LogP) is 1.95. The Hall–Kier alpha value is -1.71. The molecular formula is C9H10N2O2. The number of nitrogens with zero attached hydrogens (tertiary/aromatic N) is 2. The van der Waals surface area contributed by atoms with Crippen molar-refractivity contribution in [3.05, 3.63) is 34.2 Å². The van der Waals surface area contributed by atoms with E-state index in [9.17, 15) is 9.70 Å². The Morgan fingerprint density at radius 3 is 2.23 bits per heavy atom. The fourth-order valence-corrected chi connectivity index (χ4v) is 1.28. The molecule has 1 aromatic rings. The molecule has 4 heteroatoms. The number of para-hydroxylation sites is 1. The quantitative estimate of drug-likeness (QED) is 0.403. The van der Waals surface area contributed by atoms with Gasteiger partial charge >= 0.3 is 0 Å². The normalized spacial score (nSPS) is 9.38. The molecular weight excluding hydrogens is 168 g/mol. The van der Waals surface area contributed by atoms with Gasteiger partial charge in [-0.3, -0.25) is 4.79 Å². The Morgan fingerprint density at radius 2 is 1.85 bits per heavy atom. The molecule has 1 rings (SSSR count). The Morgan fingerprint density at radius 1 is 1.31 bits per heavy atom. The van der Waals surface area contributed by atoms with Crippen molar-refractivity contribution in [1.29, 1.82) is 0 Å². The van der Waals surface area contributed by atoms with Crippen LogP contribution in [0.2, 0.25) is 0 Å². The van der Waals surface area contributed by atoms with Crippen molar-refractivity contribution >= 4 is 12.1 Å². The zero-order valence-electron chi connectivity index (χ0n) is 7.52. The van der Waals surface area contributed by atoms with Gasteiger partial charge in [0, 0.05) is 0 Å². The standard InChI is InChI=1S/C9H10N2O2/c1-7-4-3-5-8(2)9(7)11(6-12)10-13/h3-6H,1-2H3. The number of hydrogen-bond donors (Lipinski definition) is 0. The zero-order chi connectivity index (χ0) is 9.84. The molecule has 0 aliphatic rings. The van der Waals surface area contributed by atoms with Crippen molar-refractivity contribution in [2.45, 2.75) is 13.8 Å². The summed E-state index contributed by atoms with van der Waals surface area (Å²) in [7, 11) is 0. The second-order valence-electron chi connectivity index (χ2n) is 2.77. The monoisotopic (exact) mass is 178 g/mol. The van der Waals surface area contributed by atoms with Crippen LogP contribution in [-0.2, 0) is 4.79 Å². The van der Waals surface area contributed by atoms with E-state index in [2.05, 4.69) is 5.29 Å². The first kappa shape index (κ1) is 9.38. The van der Waals surface area contributed by atoms with Crippen LogP contribution in [0.15, 0.2) is 23.5 Å². The SMILES string of the molecule is Cc1cccc(C)c1N(C=O)N=O. The van der Waals surface area contributed by atoms with E-state index in [1.54, 1.807) is 0 Å². The molecule has 0 saturated carbocycles. The molecule has 0 heterocycles. The molecule has 0 spiro atoms. The molecule has 0 atom stereocenters. The molecule has 0 radical (unpaired) electrons. The van der Waals surface area contributed by atoms with E-state index < -0.39 is 0 Å². The minimum absolute atomic E-state index is 0.405. The summed E-state index contributed by atoms with van der Waals surface area (Å²) in [5, 5.41) is 3.41. The third-order valence-corrected chi connectivity index (χ3v) is 1.86. The van der Waals surface area contributed by atoms with Gasteiger partial charge in [0.05, 0.1) is 11.0 Å². The van der Waals surface area contributed by atoms with Crippen molar-refractivity contribution in [1.82, 2.24) is 0 Å². The molecule has 0 unspecified atom stereocenters. The highest BCUT2D eigenvalue weighted by atomic mass is 16.3. The average Bonchev–Trinajstić information content (AvgIpc) is 2.11. The first-order valence-electron chi connectivity index (χ1n) is 3.84. The summed E-state index contributed by atoms with van der Waals surface area (Å²) in [5.74, 6) is 0. The first-order chi connectivity index (χ1) is 6.20. The van der Waals surface area contributed by atoms with Crippen LogP contribution in [0.25, 0.3) is 0 Å². The number of anilines is 1. The van der Waals surface area contributed by atoms with Crippen molar-refractivity contribution < 1.29 is 4.79 Å². The maximum atomic E-state index is 10.5. The summed E-state index contributed by atoms with van der Waals surface area (Å²) in [5.41, 5.74) is 2.27. The van der Waals surface area contributed by atoms with Gasteiger partial charge in [-0.05, 0) is 25.0 Å². The van der Waals surface area contributed by atoms with E-state index in [-0.39, 0.29) is 0 Å². The third-order valence-electron chi connectivity index (χ3n) is 1.86. The Balaban J connectivity index is 3.25. The fourth-order valence-electron chi connectivity index (χ4n) is 1.28. The van der Waals surface area contributed by atoms with E-state index in [1.165, 1.54) is 0 Å². The van der Waals surface area contributed by atoms with Crippen LogP contribution in [0.1, 0.15) is 11.1 Å². The van der Waals surface area contributed by atoms with Gasteiger partial charge in [-0.1, -0.05) is 18.2 Å². The van der Waals surface area contributed by atoms with Crippen LogP contribution in [-0.4, -0.2) is 6.41 Å². The number of nitroso groups, excluding NO2 is 1. The molecule has 0 aliphatic heterocycles. The summed E-state index contributed by atoms with van der Waals surface area (Å²) in [6.07, 6.45) is 0.405. The number of amides is 1. The second-order valence-corrected chi connectivity index (χ2v) is 2.77. The predicted molar refractivity (Wildman–Crippen MR) is 50.3 cm³/mol. The summed E-state index contributed by atoms with van der Waals surface area (Å²) in [4.78, 5) is 20.8. The minimum atomic E-state index is 0.405. The maximum absolute atomic E-state index is 10.5. The maximum Gasteiger partial charge on any atom is 0.237 e. The lowest BCUT2D eigenvalue weighted by atomic mass is 10.1. The smallest absolute Gasteiger partial charge is 0.237 e. The van der Waals surface area contributed by atoms with Crippen molar-refractivity contribution in [2.24, 2.45) is 5.29 Å². The van der Waals surface area contributed by atoms with E-state index in [1.807, 2.05) is 32.0 Å². The number of benzene rings is 1. The van der Waals surface area contributed by atoms with E-state index >= 15 is 0 Å². The molecule has 0 saturated heterocycles. The van der Waals surface area contributed by atoms with Crippen LogP contribution < -0.4 is 5.01 Å². The molecule has 68 valence electrons. The average molecular weight is 178 g/mol. The molecule has 0 N–H and O–H groups in total. The largest absolute Gasteiger partial charge is 0.276 e. The highest BCUT2D eigenvalue weighted by molar-refractivity contribution is 5.77. The Labute approximate surface area is 76.1 Å². The van der Waals surface area contributed by atoms with Gasteiger partial charge < -0.3 is 0 Å². The van der Waals surface area contributed by atoms with Gasteiger partial charge in [-0.2, -0.15) is 5.01 Å². The van der Waals surface area contributed by atoms with Gasteiger partial charge in [0.1, 0.15) is 0 Å². The lowest BCUT2D eigenvalue weighted by Crippen LogP contribution is -2.14. The number of carbonyl (C=O) groups excluding carboxylic acids is 1. The molecule has 0 fully saturated rings. The molecule has 1 aromatic carbocycles. The molecule has 0 bridgehead atoms. The Kier molecular flexibility index (Phi) is 2.74. The summed E-state index contributed by atoms with van der Waals surface area (Å²) >= 11 is 0. The van der Waals surface area contributed by atoms with Gasteiger partial charge in [0.15, 0.2) is 0 Å². The minimum Gasteiger partial charge on any atom is -0.276 e. The molecule has 1 amide bonds. The number of aryl methyl sites for hydroxylation is 2. The topological polar surface area (TPSA) is 49.7 Å². The molecule has 0 aromatic heterocycles. The van der Waals surface area contributed by atoms with E-state index in [4.69, 9.17) is 0 Å². The highest BCUT2D eigenvalue weighted by Crippen LogP contribution is 2.23. The van der Waals surface area contributed by atoms with Gasteiger partial charge in [-0.15, -0.1) is 4.91 Å². The lowest BCUT2D eigenvalue weighted by molar-refractivity contribution is -0.107. The van der Waals surface area contributed by atoms with Gasteiger partial charge in [-0.25, -0.2) is 0 Å². The van der Waals surface area contributed by atoms with Gasteiger partial charge in [0.25, 0.3) is 0 Å². The van der Waals surface area contributed by atoms with Crippen molar-refractivity contribution in [3.63, 3.8) is 0 Å². The molecule has 13 heavy (non-hydrogen) atoms. The lowest BCUT2D eigenvalue weighted by Gasteiger charge is -2.12. The van der Waals surface area contributed by atoms with E-state index in [0.29, 0.717) is 12.1 Å². The van der Waals surface area contributed by atoms with Gasteiger partial charge in [0.2, 0.25) is 6.41 Å². The Bertz CT molecular complexity index is 308. The highest BCUT2D eigenvalue weighted by Gasteiger charge is 2.10. The van der Waals surface area contributed by atoms with Crippen LogP contribution in [0, 0.1) is 18.8 Å². The number of carbonyl (C=O) groups is 1. The van der Waals surface area contributed by atoms with Crippen LogP contribution in [0.5, 0.6) is 0 Å². The fraction of sp³-hybridized carbons (Fsp3) is 0.222. The summed E-state index contributed by atoms with van der Waals surface area (Å²) in [6, 6.07) is 5.51. The van der Waals surface area contributed by atoms with Crippen LogP contribution in [0.3, 0.4) is 0 Å².